The third kappa shape index (κ3) is 3.28. The highest BCUT2D eigenvalue weighted by Gasteiger charge is 2.41. The first-order valence-electron chi connectivity index (χ1n) is 7.78. The van der Waals surface area contributed by atoms with Gasteiger partial charge in [-0.3, -0.25) is 14.5 Å². The average Bonchev–Trinajstić information content (AvgIpc) is 2.82. The second kappa shape index (κ2) is 6.69. The molecule has 0 saturated carbocycles. The summed E-state index contributed by atoms with van der Waals surface area (Å²) < 4.78 is 5.23. The Kier molecular flexibility index (Phi) is 4.59. The topological polar surface area (TPSA) is 63.7 Å². The summed E-state index contributed by atoms with van der Waals surface area (Å²) in [6.45, 7) is 3.34. The van der Waals surface area contributed by atoms with Crippen molar-refractivity contribution in [1.82, 2.24) is 4.90 Å². The maximum absolute atomic E-state index is 12.5. The van der Waals surface area contributed by atoms with Crippen LogP contribution in [0.4, 0.5) is 0 Å². The first-order valence-corrected chi connectivity index (χ1v) is 8.16. The number of benzene rings is 2. The molecule has 2 amide bonds. The second-order valence-corrected chi connectivity index (χ2v) is 6.38. The fourth-order valence-electron chi connectivity index (χ4n) is 2.73. The number of hydrogen-bond acceptors (Lipinski definition) is 4. The van der Waals surface area contributed by atoms with Gasteiger partial charge in [-0.2, -0.15) is 0 Å². The normalized spacial score (nSPS) is 14.4. The van der Waals surface area contributed by atoms with Crippen molar-refractivity contribution in [3.8, 4) is 0 Å². The van der Waals surface area contributed by atoms with Crippen molar-refractivity contribution in [1.29, 1.82) is 0 Å². The Hall–Kier alpha value is -2.66. The number of esters is 1. The number of ether oxygens (including phenoxy) is 1. The zero-order valence-corrected chi connectivity index (χ0v) is 14.5. The van der Waals surface area contributed by atoms with Gasteiger partial charge in [0.05, 0.1) is 11.1 Å². The number of hydrogen-bond donors (Lipinski definition) is 0. The van der Waals surface area contributed by atoms with Crippen LogP contribution in [0.2, 0.25) is 5.02 Å². The number of aryl methyl sites for hydroxylation is 1. The summed E-state index contributed by atoms with van der Waals surface area (Å²) >= 11 is 5.89. The molecule has 0 unspecified atom stereocenters. The highest BCUT2D eigenvalue weighted by atomic mass is 35.5. The van der Waals surface area contributed by atoms with Crippen LogP contribution in [0.5, 0.6) is 0 Å². The Labute approximate surface area is 150 Å². The average molecular weight is 358 g/mol. The van der Waals surface area contributed by atoms with Crippen LogP contribution in [0.15, 0.2) is 42.5 Å². The second-order valence-electron chi connectivity index (χ2n) is 5.94. The molecule has 0 N–H and O–H groups in total. The van der Waals surface area contributed by atoms with E-state index in [1.807, 2.05) is 6.92 Å². The lowest BCUT2D eigenvalue weighted by molar-refractivity contribution is -0.149. The quantitative estimate of drug-likeness (QED) is 0.621. The maximum atomic E-state index is 12.5. The van der Waals surface area contributed by atoms with Gasteiger partial charge in [-0.05, 0) is 43.7 Å². The van der Waals surface area contributed by atoms with Gasteiger partial charge in [-0.25, -0.2) is 4.79 Å². The number of carbonyl (C=O) groups excluding carboxylic acids is 3. The minimum Gasteiger partial charge on any atom is -0.459 e. The molecule has 5 nitrogen and oxygen atoms in total. The van der Waals surface area contributed by atoms with Crippen LogP contribution in [0.25, 0.3) is 0 Å². The number of halogens is 1. The molecule has 1 atom stereocenters. The highest BCUT2D eigenvalue weighted by molar-refractivity contribution is 6.30. The zero-order chi connectivity index (χ0) is 18.1. The fourth-order valence-corrected chi connectivity index (χ4v) is 2.95. The summed E-state index contributed by atoms with van der Waals surface area (Å²) in [5.41, 5.74) is 2.23. The molecular formula is C19H16ClNO4. The monoisotopic (exact) mass is 357 g/mol. The van der Waals surface area contributed by atoms with Crippen molar-refractivity contribution < 1.29 is 19.1 Å². The number of nitrogens with zero attached hydrogens (tertiary/aromatic N) is 1. The van der Waals surface area contributed by atoms with Gasteiger partial charge in [-0.15, -0.1) is 0 Å². The van der Waals surface area contributed by atoms with Crippen LogP contribution in [0.1, 0.15) is 38.8 Å². The van der Waals surface area contributed by atoms with E-state index in [1.165, 1.54) is 6.92 Å². The molecule has 2 aromatic rings. The predicted molar refractivity (Wildman–Crippen MR) is 92.4 cm³/mol. The van der Waals surface area contributed by atoms with E-state index in [0.717, 1.165) is 16.0 Å². The van der Waals surface area contributed by atoms with E-state index in [2.05, 4.69) is 0 Å². The third-order valence-electron chi connectivity index (χ3n) is 4.07. The lowest BCUT2D eigenvalue weighted by atomic mass is 10.1. The maximum Gasteiger partial charge on any atom is 0.329 e. The molecule has 1 aliphatic rings. The van der Waals surface area contributed by atoms with Crippen molar-refractivity contribution in [2.24, 2.45) is 0 Å². The van der Waals surface area contributed by atoms with Gasteiger partial charge in [0.15, 0.2) is 0 Å². The van der Waals surface area contributed by atoms with Crippen LogP contribution < -0.4 is 0 Å². The molecule has 0 spiro atoms. The highest BCUT2D eigenvalue weighted by Crippen LogP contribution is 2.26. The molecule has 0 saturated heterocycles. The Morgan fingerprint density at radius 1 is 1.12 bits per heavy atom. The molecule has 0 aromatic heterocycles. The Morgan fingerprint density at radius 3 is 2.56 bits per heavy atom. The predicted octanol–water partition coefficient (Wildman–Crippen LogP) is 3.38. The third-order valence-corrected chi connectivity index (χ3v) is 4.31. The molecule has 6 heteroatoms. The summed E-state index contributed by atoms with van der Waals surface area (Å²) in [6, 6.07) is 10.9. The van der Waals surface area contributed by atoms with Gasteiger partial charge in [0.2, 0.25) is 0 Å². The van der Waals surface area contributed by atoms with E-state index in [4.69, 9.17) is 16.3 Å². The van der Waals surface area contributed by atoms with Crippen molar-refractivity contribution in [2.75, 3.05) is 0 Å². The minimum absolute atomic E-state index is 0.0199. The van der Waals surface area contributed by atoms with Gasteiger partial charge in [0.1, 0.15) is 12.6 Å². The first kappa shape index (κ1) is 17.2. The largest absolute Gasteiger partial charge is 0.459 e. The molecule has 25 heavy (non-hydrogen) atoms. The number of carbonyl (C=O) groups is 3. The summed E-state index contributed by atoms with van der Waals surface area (Å²) in [6.07, 6.45) is 0. The van der Waals surface area contributed by atoms with Crippen LogP contribution in [-0.2, 0) is 16.1 Å². The van der Waals surface area contributed by atoms with Crippen LogP contribution in [0, 0.1) is 6.92 Å². The van der Waals surface area contributed by atoms with Crippen molar-refractivity contribution >= 4 is 29.4 Å². The van der Waals surface area contributed by atoms with E-state index in [0.29, 0.717) is 16.1 Å². The van der Waals surface area contributed by atoms with E-state index >= 15 is 0 Å². The standard InChI is InChI=1S/C19H16ClNO4/c1-11-6-7-15-16(8-11)18(23)21(17(15)22)12(2)19(24)25-10-13-4-3-5-14(20)9-13/h3-9,12H,10H2,1-2H3/t12-/m1/s1. The Bertz CT molecular complexity index is 877. The molecule has 0 fully saturated rings. The molecule has 0 radical (unpaired) electrons. The van der Waals surface area contributed by atoms with Crippen LogP contribution in [0.3, 0.4) is 0 Å². The van der Waals surface area contributed by atoms with Crippen molar-refractivity contribution in [2.45, 2.75) is 26.5 Å². The van der Waals surface area contributed by atoms with E-state index in [9.17, 15) is 14.4 Å². The number of imide groups is 1. The van der Waals surface area contributed by atoms with Crippen LogP contribution in [-0.4, -0.2) is 28.7 Å². The summed E-state index contributed by atoms with van der Waals surface area (Å²) in [4.78, 5) is 38.2. The summed E-state index contributed by atoms with van der Waals surface area (Å²) in [5, 5.41) is 0.539. The number of rotatable bonds is 4. The molecule has 0 aliphatic carbocycles. The molecule has 2 aromatic carbocycles. The van der Waals surface area contributed by atoms with Gasteiger partial charge >= 0.3 is 5.97 Å². The molecule has 128 valence electrons. The Morgan fingerprint density at radius 2 is 1.84 bits per heavy atom. The number of fused-ring (bicyclic) bond motifs is 1. The van der Waals surface area contributed by atoms with E-state index in [-0.39, 0.29) is 6.61 Å². The van der Waals surface area contributed by atoms with Crippen LogP contribution >= 0.6 is 11.6 Å². The van der Waals surface area contributed by atoms with Gasteiger partial charge in [0, 0.05) is 5.02 Å². The fraction of sp³-hybridized carbons (Fsp3) is 0.211. The lowest BCUT2D eigenvalue weighted by Crippen LogP contribution is -2.43. The lowest BCUT2D eigenvalue weighted by Gasteiger charge is -2.20. The number of amides is 2. The minimum atomic E-state index is -1.01. The smallest absolute Gasteiger partial charge is 0.329 e. The first-order chi connectivity index (χ1) is 11.9. The van der Waals surface area contributed by atoms with E-state index < -0.39 is 23.8 Å². The molecule has 3 rings (SSSR count). The van der Waals surface area contributed by atoms with Gasteiger partial charge in [-0.1, -0.05) is 35.4 Å². The molecular weight excluding hydrogens is 342 g/mol. The van der Waals surface area contributed by atoms with E-state index in [1.54, 1.807) is 42.5 Å². The molecule has 0 bridgehead atoms. The molecule has 1 aliphatic heterocycles. The SMILES string of the molecule is Cc1ccc2c(c1)C(=O)N([C@H](C)C(=O)OCc1cccc(Cl)c1)C2=O. The Balaban J connectivity index is 1.72. The van der Waals surface area contributed by atoms with Crippen molar-refractivity contribution in [3.63, 3.8) is 0 Å². The summed E-state index contributed by atoms with van der Waals surface area (Å²) in [5.74, 6) is -1.60. The zero-order valence-electron chi connectivity index (χ0n) is 13.8. The summed E-state index contributed by atoms with van der Waals surface area (Å²) in [7, 11) is 0. The van der Waals surface area contributed by atoms with Gasteiger partial charge in [0.25, 0.3) is 11.8 Å². The van der Waals surface area contributed by atoms with Crippen molar-refractivity contribution in [3.05, 3.63) is 69.7 Å². The van der Waals surface area contributed by atoms with Gasteiger partial charge < -0.3 is 4.74 Å². The molecule has 1 heterocycles.